The number of carboxylic acid groups (broad SMARTS) is 1. The van der Waals surface area contributed by atoms with E-state index in [1.54, 1.807) is 37.5 Å². The lowest BCUT2D eigenvalue weighted by Crippen LogP contribution is -2.60. The van der Waals surface area contributed by atoms with Crippen LogP contribution in [0.5, 0.6) is 5.75 Å². The number of halogens is 1. The van der Waals surface area contributed by atoms with Crippen LogP contribution in [-0.4, -0.2) is 81.8 Å². The molecule has 2 N–H and O–H groups in total. The summed E-state index contributed by atoms with van der Waals surface area (Å²) >= 11 is 3.55. The van der Waals surface area contributed by atoms with Crippen molar-refractivity contribution in [3.63, 3.8) is 0 Å². The van der Waals surface area contributed by atoms with Crippen LogP contribution < -0.4 is 9.64 Å². The fourth-order valence-electron chi connectivity index (χ4n) is 6.16. The van der Waals surface area contributed by atoms with Gasteiger partial charge in [0.05, 0.1) is 37.7 Å². The lowest BCUT2D eigenvalue weighted by Gasteiger charge is -2.41. The third kappa shape index (κ3) is 3.94. The lowest BCUT2D eigenvalue weighted by molar-refractivity contribution is -0.151. The average molecular weight is 565 g/mol. The molecule has 3 fully saturated rings. The first-order chi connectivity index (χ1) is 17.2. The van der Waals surface area contributed by atoms with Crippen LogP contribution in [0.4, 0.5) is 5.69 Å². The number of aliphatic carboxylic acids is 1. The van der Waals surface area contributed by atoms with Crippen molar-refractivity contribution in [3.8, 4) is 5.75 Å². The Hall–Kier alpha value is -2.43. The largest absolute Gasteiger partial charge is 0.497 e. The first-order valence-corrected chi connectivity index (χ1v) is 13.1. The fraction of sp³-hybridized carbons (Fsp3) is 0.577. The zero-order valence-corrected chi connectivity index (χ0v) is 22.3. The number of likely N-dealkylation sites (tertiary alicyclic amines) is 1. The third-order valence-corrected chi connectivity index (χ3v) is 8.90. The summed E-state index contributed by atoms with van der Waals surface area (Å²) in [5.74, 6) is -3.57. The van der Waals surface area contributed by atoms with Crippen LogP contribution in [0.1, 0.15) is 26.7 Å². The number of hydrogen-bond acceptors (Lipinski definition) is 6. The molecule has 0 aliphatic carbocycles. The summed E-state index contributed by atoms with van der Waals surface area (Å²) in [6.07, 6.45) is 1.85. The van der Waals surface area contributed by atoms with Gasteiger partial charge in [-0.3, -0.25) is 14.4 Å². The van der Waals surface area contributed by atoms with Crippen LogP contribution in [0.3, 0.4) is 0 Å². The number of carbonyl (C=O) groups excluding carboxylic acids is 2. The second-order valence-corrected chi connectivity index (χ2v) is 11.0. The number of ether oxygens (including phenoxy) is 2. The molecule has 3 heterocycles. The highest BCUT2D eigenvalue weighted by Crippen LogP contribution is 2.60. The maximum atomic E-state index is 14.4. The Morgan fingerprint density at radius 1 is 1.39 bits per heavy atom. The van der Waals surface area contributed by atoms with Crippen LogP contribution in [0.15, 0.2) is 36.9 Å². The molecule has 8 atom stereocenters. The van der Waals surface area contributed by atoms with E-state index < -0.39 is 53.4 Å². The molecule has 3 saturated heterocycles. The van der Waals surface area contributed by atoms with Crippen molar-refractivity contribution in [2.45, 2.75) is 55.3 Å². The number of anilines is 1. The summed E-state index contributed by atoms with van der Waals surface area (Å²) in [5, 5.41) is 20.4. The molecule has 1 aromatic carbocycles. The lowest BCUT2D eigenvalue weighted by atomic mass is 9.70. The molecule has 9 nitrogen and oxygen atoms in total. The van der Waals surface area contributed by atoms with Crippen LogP contribution in [0.2, 0.25) is 0 Å². The van der Waals surface area contributed by atoms with Gasteiger partial charge in [-0.15, -0.1) is 6.58 Å². The highest BCUT2D eigenvalue weighted by Gasteiger charge is 2.77. The number of methoxy groups -OCH3 is 1. The number of fused-ring (bicyclic) bond motifs is 1. The van der Waals surface area contributed by atoms with E-state index >= 15 is 0 Å². The molecule has 0 saturated carbocycles. The van der Waals surface area contributed by atoms with Crippen LogP contribution in [0, 0.1) is 17.8 Å². The number of carbonyl (C=O) groups is 3. The minimum absolute atomic E-state index is 0.126. The highest BCUT2D eigenvalue weighted by atomic mass is 79.9. The maximum Gasteiger partial charge on any atom is 0.310 e. The fourth-order valence-corrected chi connectivity index (χ4v) is 7.10. The van der Waals surface area contributed by atoms with E-state index in [2.05, 4.69) is 22.5 Å². The number of carboxylic acids is 1. The zero-order valence-electron chi connectivity index (χ0n) is 20.7. The molecule has 2 amide bonds. The number of aliphatic hydroxyl groups excluding tert-OH is 1. The quantitative estimate of drug-likeness (QED) is 0.331. The molecule has 1 unspecified atom stereocenters. The van der Waals surface area contributed by atoms with E-state index in [1.165, 1.54) is 9.80 Å². The number of alkyl halides is 1. The van der Waals surface area contributed by atoms with Gasteiger partial charge in [-0.05, 0) is 36.6 Å². The molecule has 36 heavy (non-hydrogen) atoms. The number of rotatable bonds is 10. The summed E-state index contributed by atoms with van der Waals surface area (Å²) in [4.78, 5) is 43.3. The minimum Gasteiger partial charge on any atom is -0.497 e. The standard InChI is InChI=1S/C26H33BrN2O7/c1-5-11-28(15-7-9-16(35-4)10-8-15)24(32)22-26-12-17(27)21(36-26)19(25(33)34)20(26)23(31)29(22)18(13-30)14(3)6-2/h5,7-10,14,17-22,30H,1,6,11-13H2,2-4H3,(H,33,34)/t14-,17?,18-,19-,20+,21-,22-,26+/m0/s1. The third-order valence-electron chi connectivity index (χ3n) is 8.05. The van der Waals surface area contributed by atoms with Gasteiger partial charge in [0, 0.05) is 17.1 Å². The van der Waals surface area contributed by atoms with Crippen LogP contribution >= 0.6 is 15.9 Å². The Balaban J connectivity index is 1.85. The zero-order chi connectivity index (χ0) is 26.4. The second-order valence-electron chi connectivity index (χ2n) is 9.82. The molecule has 3 aliphatic heterocycles. The molecule has 1 spiro atoms. The normalized spacial score (nSPS) is 32.2. The molecule has 196 valence electrons. The summed E-state index contributed by atoms with van der Waals surface area (Å²) in [6, 6.07) is 5.20. The number of benzene rings is 1. The Kier molecular flexibility index (Phi) is 7.50. The van der Waals surface area contributed by atoms with Gasteiger partial charge in [0.15, 0.2) is 0 Å². The Bertz CT molecular complexity index is 1030. The molecule has 10 heteroatoms. The van der Waals surface area contributed by atoms with E-state index in [9.17, 15) is 24.6 Å². The van der Waals surface area contributed by atoms with E-state index in [0.29, 0.717) is 24.3 Å². The van der Waals surface area contributed by atoms with E-state index in [0.717, 1.165) is 0 Å². The Labute approximate surface area is 219 Å². The van der Waals surface area contributed by atoms with E-state index in [1.807, 2.05) is 13.8 Å². The van der Waals surface area contributed by atoms with Gasteiger partial charge in [0.1, 0.15) is 17.4 Å². The van der Waals surface area contributed by atoms with Crippen molar-refractivity contribution in [2.24, 2.45) is 17.8 Å². The average Bonchev–Trinajstić information content (AvgIpc) is 3.46. The number of hydrogen-bond donors (Lipinski definition) is 2. The SMILES string of the molecule is C=CCN(C(=O)[C@@H]1N([C@@H](CO)[C@@H](C)CC)C(=O)[C@H]2[C@H](C(=O)O)[C@H]3O[C@@]12CC3Br)c1ccc(OC)cc1. The van der Waals surface area contributed by atoms with Gasteiger partial charge in [0.2, 0.25) is 5.91 Å². The van der Waals surface area contributed by atoms with Crippen molar-refractivity contribution in [1.82, 2.24) is 4.90 Å². The number of nitrogens with zero attached hydrogens (tertiary/aromatic N) is 2. The molecular formula is C26H33BrN2O7. The molecule has 1 aromatic rings. The number of aliphatic hydroxyl groups is 1. The van der Waals surface area contributed by atoms with Crippen molar-refractivity contribution >= 4 is 39.4 Å². The van der Waals surface area contributed by atoms with Gasteiger partial charge in [-0.25, -0.2) is 0 Å². The molecule has 3 aliphatic rings. The molecule has 2 bridgehead atoms. The van der Waals surface area contributed by atoms with Crippen LogP contribution in [-0.2, 0) is 19.1 Å². The van der Waals surface area contributed by atoms with Crippen LogP contribution in [0.25, 0.3) is 0 Å². The minimum atomic E-state index is -1.32. The first kappa shape index (κ1) is 26.6. The summed E-state index contributed by atoms with van der Waals surface area (Å²) < 4.78 is 11.6. The van der Waals surface area contributed by atoms with Gasteiger partial charge in [0.25, 0.3) is 5.91 Å². The smallest absolute Gasteiger partial charge is 0.310 e. The van der Waals surface area contributed by atoms with Gasteiger partial charge < -0.3 is 29.5 Å². The van der Waals surface area contributed by atoms with Gasteiger partial charge in [-0.1, -0.05) is 42.3 Å². The predicted octanol–water partition coefficient (Wildman–Crippen LogP) is 2.45. The first-order valence-electron chi connectivity index (χ1n) is 12.2. The predicted molar refractivity (Wildman–Crippen MR) is 136 cm³/mol. The number of amides is 2. The van der Waals surface area contributed by atoms with Crippen molar-refractivity contribution in [3.05, 3.63) is 36.9 Å². The van der Waals surface area contributed by atoms with E-state index in [-0.39, 0.29) is 23.9 Å². The van der Waals surface area contributed by atoms with Crippen molar-refractivity contribution in [1.29, 1.82) is 0 Å². The summed E-state index contributed by atoms with van der Waals surface area (Å²) in [5.41, 5.74) is -0.738. The van der Waals surface area contributed by atoms with Gasteiger partial charge >= 0.3 is 5.97 Å². The van der Waals surface area contributed by atoms with Crippen molar-refractivity contribution < 1.29 is 34.1 Å². The summed E-state index contributed by atoms with van der Waals surface area (Å²) in [6.45, 7) is 7.47. The molecular weight excluding hydrogens is 532 g/mol. The Morgan fingerprint density at radius 3 is 2.58 bits per heavy atom. The van der Waals surface area contributed by atoms with Crippen molar-refractivity contribution in [2.75, 3.05) is 25.2 Å². The van der Waals surface area contributed by atoms with E-state index in [4.69, 9.17) is 9.47 Å². The second kappa shape index (κ2) is 10.1. The topological polar surface area (TPSA) is 117 Å². The maximum absolute atomic E-state index is 14.4. The monoisotopic (exact) mass is 564 g/mol. The molecule has 0 radical (unpaired) electrons. The molecule has 0 aromatic heterocycles. The molecule has 4 rings (SSSR count). The highest BCUT2D eigenvalue weighted by molar-refractivity contribution is 9.09. The van der Waals surface area contributed by atoms with Gasteiger partial charge in [-0.2, -0.15) is 0 Å². The Morgan fingerprint density at radius 2 is 2.06 bits per heavy atom. The summed E-state index contributed by atoms with van der Waals surface area (Å²) in [7, 11) is 1.55.